The van der Waals surface area contributed by atoms with E-state index in [1.807, 2.05) is 30.3 Å². The first-order chi connectivity index (χ1) is 12.7. The molecule has 1 amide bonds. The van der Waals surface area contributed by atoms with E-state index in [0.29, 0.717) is 28.1 Å². The highest BCUT2D eigenvalue weighted by molar-refractivity contribution is 6.03. The second-order valence-corrected chi connectivity index (χ2v) is 5.56. The highest BCUT2D eigenvalue weighted by atomic mass is 16.5. The van der Waals surface area contributed by atoms with Crippen molar-refractivity contribution >= 4 is 22.7 Å². The van der Waals surface area contributed by atoms with E-state index in [4.69, 9.17) is 13.6 Å². The maximum Gasteiger partial charge on any atom is 0.417 e. The molecule has 2 heterocycles. The average molecular weight is 350 g/mol. The van der Waals surface area contributed by atoms with Gasteiger partial charge in [0.1, 0.15) is 12.4 Å². The summed E-state index contributed by atoms with van der Waals surface area (Å²) in [4.78, 5) is 26.2. The number of rotatable bonds is 5. The molecular formula is C19H14N2O5. The maximum absolute atomic E-state index is 12.5. The number of aromatic nitrogens is 1. The molecule has 4 aromatic rings. The standard InChI is InChI=1S/C19H14N2O5/c22-18(20-13-6-7-16-15(10-13)21-19(23)26-16)17-12(8-9-24-17)11-25-14-4-2-1-3-5-14/h1-10H,11H2,(H,20,22)(H,21,23). The molecule has 0 fully saturated rings. The van der Waals surface area contributed by atoms with Crippen LogP contribution in [-0.4, -0.2) is 10.9 Å². The third-order valence-corrected chi connectivity index (χ3v) is 3.77. The van der Waals surface area contributed by atoms with Crippen molar-refractivity contribution < 1.29 is 18.4 Å². The lowest BCUT2D eigenvalue weighted by Gasteiger charge is -2.07. The summed E-state index contributed by atoms with van der Waals surface area (Å²) in [6, 6.07) is 15.8. The molecule has 0 bridgehead atoms. The van der Waals surface area contributed by atoms with Gasteiger partial charge in [0, 0.05) is 11.3 Å². The minimum Gasteiger partial charge on any atom is -0.489 e. The van der Waals surface area contributed by atoms with E-state index in [2.05, 4.69) is 10.3 Å². The lowest BCUT2D eigenvalue weighted by atomic mass is 10.2. The van der Waals surface area contributed by atoms with Crippen LogP contribution in [0.25, 0.3) is 11.1 Å². The summed E-state index contributed by atoms with van der Waals surface area (Å²) < 4.78 is 15.9. The van der Waals surface area contributed by atoms with Crippen LogP contribution < -0.4 is 15.8 Å². The van der Waals surface area contributed by atoms with Crippen LogP contribution in [0.5, 0.6) is 5.75 Å². The van der Waals surface area contributed by atoms with Gasteiger partial charge in [0.15, 0.2) is 11.3 Å². The van der Waals surface area contributed by atoms with Gasteiger partial charge in [-0.1, -0.05) is 18.2 Å². The maximum atomic E-state index is 12.5. The zero-order valence-corrected chi connectivity index (χ0v) is 13.5. The monoisotopic (exact) mass is 350 g/mol. The molecule has 0 aliphatic heterocycles. The fourth-order valence-electron chi connectivity index (χ4n) is 2.54. The van der Waals surface area contributed by atoms with Crippen molar-refractivity contribution in [3.8, 4) is 5.75 Å². The molecule has 0 unspecified atom stereocenters. The van der Waals surface area contributed by atoms with E-state index in [1.54, 1.807) is 24.3 Å². The predicted octanol–water partition coefficient (Wildman–Crippen LogP) is 3.55. The predicted molar refractivity (Wildman–Crippen MR) is 94.3 cm³/mol. The molecule has 2 N–H and O–H groups in total. The number of H-pyrrole nitrogens is 1. The Labute approximate surface area is 147 Å². The minimum atomic E-state index is -0.546. The highest BCUT2D eigenvalue weighted by Gasteiger charge is 2.16. The van der Waals surface area contributed by atoms with Crippen molar-refractivity contribution in [3.63, 3.8) is 0 Å². The molecule has 4 rings (SSSR count). The van der Waals surface area contributed by atoms with Crippen molar-refractivity contribution in [3.05, 3.63) is 82.7 Å². The van der Waals surface area contributed by atoms with E-state index in [-0.39, 0.29) is 12.4 Å². The molecule has 7 nitrogen and oxygen atoms in total. The van der Waals surface area contributed by atoms with Gasteiger partial charge < -0.3 is 18.9 Å². The largest absolute Gasteiger partial charge is 0.489 e. The number of furan rings is 1. The van der Waals surface area contributed by atoms with E-state index < -0.39 is 11.7 Å². The fourth-order valence-corrected chi connectivity index (χ4v) is 2.54. The van der Waals surface area contributed by atoms with Crippen molar-refractivity contribution in [2.75, 3.05) is 5.32 Å². The zero-order valence-electron chi connectivity index (χ0n) is 13.5. The minimum absolute atomic E-state index is 0.168. The zero-order chi connectivity index (χ0) is 17.9. The number of ether oxygens (including phenoxy) is 1. The number of hydrogen-bond donors (Lipinski definition) is 2. The second kappa shape index (κ2) is 6.64. The fraction of sp³-hybridized carbons (Fsp3) is 0.0526. The second-order valence-electron chi connectivity index (χ2n) is 5.56. The Hall–Kier alpha value is -3.74. The summed E-state index contributed by atoms with van der Waals surface area (Å²) >= 11 is 0. The summed E-state index contributed by atoms with van der Waals surface area (Å²) in [6.07, 6.45) is 1.44. The SMILES string of the molecule is O=C(Nc1ccc2oc(=O)[nH]c2c1)c1occc1COc1ccccc1. The van der Waals surface area contributed by atoms with Gasteiger partial charge in [0.25, 0.3) is 5.91 Å². The molecule has 0 spiro atoms. The van der Waals surface area contributed by atoms with E-state index in [1.165, 1.54) is 6.26 Å². The number of nitrogens with one attached hydrogen (secondary N) is 2. The smallest absolute Gasteiger partial charge is 0.417 e. The third kappa shape index (κ3) is 3.23. The number of aromatic amines is 1. The number of carbonyl (C=O) groups is 1. The van der Waals surface area contributed by atoms with Crippen molar-refractivity contribution in [2.45, 2.75) is 6.61 Å². The van der Waals surface area contributed by atoms with Gasteiger partial charge in [-0.15, -0.1) is 0 Å². The first kappa shape index (κ1) is 15.8. The van der Waals surface area contributed by atoms with Crippen LogP contribution in [-0.2, 0) is 6.61 Å². The van der Waals surface area contributed by atoms with Crippen molar-refractivity contribution in [1.29, 1.82) is 0 Å². The van der Waals surface area contributed by atoms with E-state index in [9.17, 15) is 9.59 Å². The molecule has 2 aromatic heterocycles. The summed E-state index contributed by atoms with van der Waals surface area (Å²) in [5.74, 6) is -0.0853. The van der Waals surface area contributed by atoms with Crippen LogP contribution in [0.15, 0.2) is 74.5 Å². The topological polar surface area (TPSA) is 97.5 Å². The van der Waals surface area contributed by atoms with Gasteiger partial charge in [0.2, 0.25) is 0 Å². The molecule has 26 heavy (non-hydrogen) atoms. The molecule has 0 radical (unpaired) electrons. The Morgan fingerprint density at radius 1 is 1.12 bits per heavy atom. The highest BCUT2D eigenvalue weighted by Crippen LogP contribution is 2.20. The van der Waals surface area contributed by atoms with E-state index >= 15 is 0 Å². The number of para-hydroxylation sites is 1. The van der Waals surface area contributed by atoms with Gasteiger partial charge in [-0.3, -0.25) is 9.78 Å². The molecule has 0 aliphatic carbocycles. The van der Waals surface area contributed by atoms with Gasteiger partial charge in [-0.05, 0) is 36.4 Å². The lowest BCUT2D eigenvalue weighted by molar-refractivity contribution is 0.0993. The van der Waals surface area contributed by atoms with E-state index in [0.717, 1.165) is 0 Å². The number of amides is 1. The summed E-state index contributed by atoms with van der Waals surface area (Å²) in [7, 11) is 0. The first-order valence-electron chi connectivity index (χ1n) is 7.87. The molecule has 0 saturated carbocycles. The van der Waals surface area contributed by atoms with Crippen LogP contribution in [0, 0.1) is 0 Å². The Bertz CT molecular complexity index is 1110. The summed E-state index contributed by atoms with van der Waals surface area (Å²) in [6.45, 7) is 0.206. The van der Waals surface area contributed by atoms with Crippen LogP contribution >= 0.6 is 0 Å². The Morgan fingerprint density at radius 2 is 1.96 bits per heavy atom. The van der Waals surface area contributed by atoms with Crippen LogP contribution in [0.2, 0.25) is 0 Å². The molecule has 0 aliphatic rings. The molecule has 0 atom stereocenters. The van der Waals surface area contributed by atoms with Gasteiger partial charge in [0.05, 0.1) is 11.8 Å². The number of oxazole rings is 1. The van der Waals surface area contributed by atoms with Crippen LogP contribution in [0.4, 0.5) is 5.69 Å². The number of hydrogen-bond acceptors (Lipinski definition) is 5. The Kier molecular flexibility index (Phi) is 4.03. The van der Waals surface area contributed by atoms with Crippen molar-refractivity contribution in [1.82, 2.24) is 4.98 Å². The number of fused-ring (bicyclic) bond motifs is 1. The number of benzene rings is 2. The molecule has 7 heteroatoms. The Morgan fingerprint density at radius 3 is 2.81 bits per heavy atom. The quantitative estimate of drug-likeness (QED) is 0.574. The first-order valence-corrected chi connectivity index (χ1v) is 7.87. The van der Waals surface area contributed by atoms with Gasteiger partial charge >= 0.3 is 5.76 Å². The molecular weight excluding hydrogens is 336 g/mol. The summed E-state index contributed by atoms with van der Waals surface area (Å²) in [5.41, 5.74) is 2.05. The third-order valence-electron chi connectivity index (χ3n) is 3.77. The average Bonchev–Trinajstić information content (AvgIpc) is 3.26. The number of anilines is 1. The molecule has 0 saturated heterocycles. The van der Waals surface area contributed by atoms with Crippen molar-refractivity contribution in [2.24, 2.45) is 0 Å². The molecule has 130 valence electrons. The number of carbonyl (C=O) groups excluding carboxylic acids is 1. The van der Waals surface area contributed by atoms with Crippen LogP contribution in [0.1, 0.15) is 16.1 Å². The van der Waals surface area contributed by atoms with Gasteiger partial charge in [-0.2, -0.15) is 0 Å². The summed E-state index contributed by atoms with van der Waals surface area (Å²) in [5, 5.41) is 2.73. The lowest BCUT2D eigenvalue weighted by Crippen LogP contribution is -2.13. The van der Waals surface area contributed by atoms with Gasteiger partial charge in [-0.25, -0.2) is 4.79 Å². The molecule has 2 aromatic carbocycles. The normalized spacial score (nSPS) is 10.8. The Balaban J connectivity index is 1.49. The van der Waals surface area contributed by atoms with Crippen LogP contribution in [0.3, 0.4) is 0 Å².